The summed E-state index contributed by atoms with van der Waals surface area (Å²) in [5.41, 5.74) is 12.5. The highest BCUT2D eigenvalue weighted by Crippen LogP contribution is 2.22. The number of carbonyl (C=O) groups is 1. The zero-order valence-corrected chi connectivity index (χ0v) is 10.8. The largest absolute Gasteiger partial charge is 0.389 e. The highest BCUT2D eigenvalue weighted by atomic mass is 32.1. The number of hydrogen-bond donors (Lipinski definition) is 2. The van der Waals surface area contributed by atoms with Crippen molar-refractivity contribution >= 4 is 28.8 Å². The van der Waals surface area contributed by atoms with E-state index in [0.29, 0.717) is 4.99 Å². The maximum atomic E-state index is 11.1. The third kappa shape index (κ3) is 3.42. The Kier molecular flexibility index (Phi) is 4.45. The molecule has 1 rings (SSSR count). The lowest BCUT2D eigenvalue weighted by Gasteiger charge is -2.29. The molecule has 1 aromatic rings. The number of rotatable bonds is 5. The van der Waals surface area contributed by atoms with Crippen molar-refractivity contribution in [3.05, 3.63) is 29.8 Å². The zero-order chi connectivity index (χ0) is 13.0. The number of nitrogens with zero attached hydrogens (tertiary/aromatic N) is 1. The van der Waals surface area contributed by atoms with Crippen molar-refractivity contribution in [2.75, 3.05) is 11.4 Å². The fourth-order valence-electron chi connectivity index (χ4n) is 1.65. The Bertz CT molecular complexity index is 432. The van der Waals surface area contributed by atoms with E-state index < -0.39 is 0 Å². The SMILES string of the molecule is CC(C)N(CC(N)=O)c1ccccc1C(N)=S. The summed E-state index contributed by atoms with van der Waals surface area (Å²) in [5, 5.41) is 0. The molecule has 17 heavy (non-hydrogen) atoms. The second-order valence-corrected chi connectivity index (χ2v) is 4.51. The second kappa shape index (κ2) is 5.63. The molecule has 0 spiro atoms. The van der Waals surface area contributed by atoms with Crippen LogP contribution in [0.3, 0.4) is 0 Å². The van der Waals surface area contributed by atoms with Crippen LogP contribution < -0.4 is 16.4 Å². The van der Waals surface area contributed by atoms with Crippen LogP contribution in [0.1, 0.15) is 19.4 Å². The summed E-state index contributed by atoms with van der Waals surface area (Å²) < 4.78 is 0. The highest BCUT2D eigenvalue weighted by Gasteiger charge is 2.16. The lowest BCUT2D eigenvalue weighted by molar-refractivity contribution is -0.116. The van der Waals surface area contributed by atoms with Gasteiger partial charge in [-0.05, 0) is 26.0 Å². The van der Waals surface area contributed by atoms with E-state index >= 15 is 0 Å². The van der Waals surface area contributed by atoms with Gasteiger partial charge in [-0.25, -0.2) is 0 Å². The van der Waals surface area contributed by atoms with Crippen molar-refractivity contribution in [2.45, 2.75) is 19.9 Å². The van der Waals surface area contributed by atoms with Crippen molar-refractivity contribution in [1.82, 2.24) is 0 Å². The van der Waals surface area contributed by atoms with E-state index in [9.17, 15) is 4.79 Å². The van der Waals surface area contributed by atoms with Crippen LogP contribution >= 0.6 is 12.2 Å². The maximum absolute atomic E-state index is 11.1. The first-order chi connectivity index (χ1) is 7.93. The molecule has 1 amide bonds. The van der Waals surface area contributed by atoms with Crippen LogP contribution in [0.25, 0.3) is 0 Å². The van der Waals surface area contributed by atoms with Crippen molar-refractivity contribution in [3.8, 4) is 0 Å². The van der Waals surface area contributed by atoms with E-state index in [1.54, 1.807) is 0 Å². The van der Waals surface area contributed by atoms with Crippen LogP contribution in [0.15, 0.2) is 24.3 Å². The van der Waals surface area contributed by atoms with Crippen molar-refractivity contribution in [2.24, 2.45) is 11.5 Å². The van der Waals surface area contributed by atoms with Crippen LogP contribution in [0.5, 0.6) is 0 Å². The van der Waals surface area contributed by atoms with Crippen LogP contribution in [-0.4, -0.2) is 23.5 Å². The summed E-state index contributed by atoms with van der Waals surface area (Å²) >= 11 is 5.00. The molecule has 0 aliphatic rings. The molecule has 4 N–H and O–H groups in total. The monoisotopic (exact) mass is 251 g/mol. The smallest absolute Gasteiger partial charge is 0.236 e. The van der Waals surface area contributed by atoms with Gasteiger partial charge < -0.3 is 16.4 Å². The molecule has 0 bridgehead atoms. The number of hydrogen-bond acceptors (Lipinski definition) is 3. The van der Waals surface area contributed by atoms with Gasteiger partial charge in [-0.2, -0.15) is 0 Å². The van der Waals surface area contributed by atoms with Gasteiger partial charge in [0.25, 0.3) is 0 Å². The number of amides is 1. The van der Waals surface area contributed by atoms with Gasteiger partial charge in [0.15, 0.2) is 0 Å². The molecule has 0 unspecified atom stereocenters. The molecule has 1 aromatic carbocycles. The standard InChI is InChI=1S/C12H17N3OS/c1-8(2)15(7-11(13)16)10-6-4-3-5-9(10)12(14)17/h3-6,8H,7H2,1-2H3,(H2,13,16)(H2,14,17). The van der Waals surface area contributed by atoms with Gasteiger partial charge in [0.1, 0.15) is 4.99 Å². The third-order valence-corrected chi connectivity index (χ3v) is 2.65. The number of anilines is 1. The predicted octanol–water partition coefficient (Wildman–Crippen LogP) is 1.02. The molecule has 92 valence electrons. The number of benzene rings is 1. The Morgan fingerprint density at radius 2 is 1.94 bits per heavy atom. The predicted molar refractivity (Wildman–Crippen MR) is 74.0 cm³/mol. The number of primary amides is 1. The lowest BCUT2D eigenvalue weighted by Crippen LogP contribution is -2.39. The van der Waals surface area contributed by atoms with E-state index in [1.807, 2.05) is 43.0 Å². The van der Waals surface area contributed by atoms with Crippen LogP contribution in [-0.2, 0) is 4.79 Å². The molecule has 0 radical (unpaired) electrons. The number of para-hydroxylation sites is 1. The molecular formula is C12H17N3OS. The van der Waals surface area contributed by atoms with Gasteiger partial charge in [-0.1, -0.05) is 24.4 Å². The summed E-state index contributed by atoms with van der Waals surface area (Å²) in [6.45, 7) is 4.12. The van der Waals surface area contributed by atoms with Gasteiger partial charge in [0, 0.05) is 17.3 Å². The van der Waals surface area contributed by atoms with Gasteiger partial charge in [-0.15, -0.1) is 0 Å². The summed E-state index contributed by atoms with van der Waals surface area (Å²) in [6.07, 6.45) is 0. The fraction of sp³-hybridized carbons (Fsp3) is 0.333. The molecule has 0 heterocycles. The first kappa shape index (κ1) is 13.4. The summed E-state index contributed by atoms with van der Waals surface area (Å²) in [4.78, 5) is 13.3. The zero-order valence-electron chi connectivity index (χ0n) is 10.0. The first-order valence-electron chi connectivity index (χ1n) is 5.37. The minimum atomic E-state index is -0.378. The summed E-state index contributed by atoms with van der Waals surface area (Å²) in [6, 6.07) is 7.61. The summed E-state index contributed by atoms with van der Waals surface area (Å²) in [7, 11) is 0. The Labute approximate surface area is 107 Å². The molecule has 0 saturated heterocycles. The molecule has 0 fully saturated rings. The van der Waals surface area contributed by atoms with Crippen molar-refractivity contribution in [1.29, 1.82) is 0 Å². The van der Waals surface area contributed by atoms with Crippen LogP contribution in [0.2, 0.25) is 0 Å². The van der Waals surface area contributed by atoms with Gasteiger partial charge in [0.05, 0.1) is 6.54 Å². The van der Waals surface area contributed by atoms with Crippen molar-refractivity contribution in [3.63, 3.8) is 0 Å². The molecule has 5 heteroatoms. The molecule has 0 aliphatic heterocycles. The second-order valence-electron chi connectivity index (χ2n) is 4.07. The first-order valence-corrected chi connectivity index (χ1v) is 5.78. The Morgan fingerprint density at radius 3 is 2.41 bits per heavy atom. The number of carbonyl (C=O) groups excluding carboxylic acids is 1. The van der Waals surface area contributed by atoms with Gasteiger partial charge in [0.2, 0.25) is 5.91 Å². The fourth-order valence-corrected chi connectivity index (χ4v) is 1.82. The van der Waals surface area contributed by atoms with Crippen molar-refractivity contribution < 1.29 is 4.79 Å². The minimum absolute atomic E-state index is 0.137. The molecular weight excluding hydrogens is 234 g/mol. The lowest BCUT2D eigenvalue weighted by atomic mass is 10.1. The Hall–Kier alpha value is -1.62. The van der Waals surface area contributed by atoms with E-state index in [0.717, 1.165) is 11.3 Å². The minimum Gasteiger partial charge on any atom is -0.389 e. The maximum Gasteiger partial charge on any atom is 0.236 e. The van der Waals surface area contributed by atoms with Crippen LogP contribution in [0, 0.1) is 0 Å². The van der Waals surface area contributed by atoms with Crippen LogP contribution in [0.4, 0.5) is 5.69 Å². The topological polar surface area (TPSA) is 72.3 Å². The normalized spacial score (nSPS) is 10.3. The van der Waals surface area contributed by atoms with E-state index in [2.05, 4.69) is 0 Å². The Balaban J connectivity index is 3.18. The summed E-state index contributed by atoms with van der Waals surface area (Å²) in [5.74, 6) is -0.378. The Morgan fingerprint density at radius 1 is 1.35 bits per heavy atom. The molecule has 0 aliphatic carbocycles. The highest BCUT2D eigenvalue weighted by molar-refractivity contribution is 7.80. The van der Waals surface area contributed by atoms with Gasteiger partial charge >= 0.3 is 0 Å². The molecule has 0 aromatic heterocycles. The quantitative estimate of drug-likeness (QED) is 0.766. The number of nitrogens with two attached hydrogens (primary N) is 2. The van der Waals surface area contributed by atoms with E-state index in [4.69, 9.17) is 23.7 Å². The molecule has 4 nitrogen and oxygen atoms in total. The van der Waals surface area contributed by atoms with E-state index in [1.165, 1.54) is 0 Å². The molecule has 0 atom stereocenters. The average Bonchev–Trinajstić information content (AvgIpc) is 2.25. The van der Waals surface area contributed by atoms with E-state index in [-0.39, 0.29) is 18.5 Å². The third-order valence-electron chi connectivity index (χ3n) is 2.43. The average molecular weight is 251 g/mol. The van der Waals surface area contributed by atoms with Gasteiger partial charge in [-0.3, -0.25) is 4.79 Å². The number of thiocarbonyl (C=S) groups is 1. The molecule has 0 saturated carbocycles.